The number of hydrogen-bond donors (Lipinski definition) is 1. The number of ether oxygens (including phenoxy) is 1. The van der Waals surface area contributed by atoms with Crippen LogP contribution in [0.15, 0.2) is 67.0 Å². The van der Waals surface area contributed by atoms with Gasteiger partial charge in [0.15, 0.2) is 0 Å². The van der Waals surface area contributed by atoms with Crippen LogP contribution >= 0.6 is 0 Å². The van der Waals surface area contributed by atoms with Crippen molar-refractivity contribution in [3.05, 3.63) is 72.8 Å². The number of nitrogens with zero attached hydrogens (tertiary/aromatic N) is 2. The standard InChI is InChI=1S/C22H20FN3O3/c1-29-18-7-4-16(5-8-18)26-14-15(12-21(26)27)22(28)24-20-13-17(6-9-19(20)23)25-10-2-3-11-25/h2-11,13,15H,12,14H2,1H3,(H,24,28). The van der Waals surface area contributed by atoms with Crippen LogP contribution < -0.4 is 15.0 Å². The van der Waals surface area contributed by atoms with E-state index in [9.17, 15) is 14.0 Å². The van der Waals surface area contributed by atoms with E-state index in [4.69, 9.17) is 4.74 Å². The molecule has 0 spiro atoms. The molecule has 2 heterocycles. The summed E-state index contributed by atoms with van der Waals surface area (Å²) in [5.41, 5.74) is 1.53. The molecule has 6 nitrogen and oxygen atoms in total. The molecule has 1 unspecified atom stereocenters. The lowest BCUT2D eigenvalue weighted by atomic mass is 10.1. The van der Waals surface area contributed by atoms with E-state index >= 15 is 0 Å². The van der Waals surface area contributed by atoms with Gasteiger partial charge in [-0.25, -0.2) is 4.39 Å². The summed E-state index contributed by atoms with van der Waals surface area (Å²) in [7, 11) is 1.57. The number of aromatic nitrogens is 1. The van der Waals surface area contributed by atoms with Crippen LogP contribution in [0.5, 0.6) is 5.75 Å². The number of carbonyl (C=O) groups is 2. The highest BCUT2D eigenvalue weighted by molar-refractivity contribution is 6.03. The van der Waals surface area contributed by atoms with E-state index in [0.717, 1.165) is 5.69 Å². The Morgan fingerprint density at radius 1 is 1.10 bits per heavy atom. The van der Waals surface area contributed by atoms with Gasteiger partial charge in [0, 0.05) is 36.7 Å². The number of rotatable bonds is 5. The second kappa shape index (κ2) is 7.79. The summed E-state index contributed by atoms with van der Waals surface area (Å²) < 4.78 is 21.2. The Morgan fingerprint density at radius 2 is 1.79 bits per heavy atom. The van der Waals surface area contributed by atoms with Crippen LogP contribution in [-0.4, -0.2) is 30.0 Å². The molecule has 0 radical (unpaired) electrons. The monoisotopic (exact) mass is 393 g/mol. The number of hydrogen-bond acceptors (Lipinski definition) is 3. The zero-order valence-electron chi connectivity index (χ0n) is 15.8. The molecule has 1 saturated heterocycles. The summed E-state index contributed by atoms with van der Waals surface area (Å²) in [4.78, 5) is 26.7. The average Bonchev–Trinajstić information content (AvgIpc) is 3.40. The van der Waals surface area contributed by atoms with E-state index in [-0.39, 0.29) is 30.5 Å². The first-order chi connectivity index (χ1) is 14.0. The molecule has 148 valence electrons. The van der Waals surface area contributed by atoms with E-state index in [1.807, 2.05) is 29.1 Å². The van der Waals surface area contributed by atoms with Crippen molar-refractivity contribution in [3.8, 4) is 11.4 Å². The number of carbonyl (C=O) groups excluding carboxylic acids is 2. The lowest BCUT2D eigenvalue weighted by molar-refractivity contribution is -0.122. The molecule has 1 atom stereocenters. The van der Waals surface area contributed by atoms with E-state index in [2.05, 4.69) is 5.32 Å². The van der Waals surface area contributed by atoms with Crippen molar-refractivity contribution >= 4 is 23.2 Å². The minimum atomic E-state index is -0.556. The van der Waals surface area contributed by atoms with Gasteiger partial charge in [-0.15, -0.1) is 0 Å². The summed E-state index contributed by atoms with van der Waals surface area (Å²) in [6.45, 7) is 0.246. The normalized spacial score (nSPS) is 16.1. The molecule has 1 aliphatic heterocycles. The van der Waals surface area contributed by atoms with E-state index in [1.165, 1.54) is 6.07 Å². The summed E-state index contributed by atoms with van der Waals surface area (Å²) in [5.74, 6) is -0.910. The minimum Gasteiger partial charge on any atom is -0.497 e. The van der Waals surface area contributed by atoms with Gasteiger partial charge in [0.25, 0.3) is 0 Å². The largest absolute Gasteiger partial charge is 0.497 e. The summed E-state index contributed by atoms with van der Waals surface area (Å²) in [6, 6.07) is 15.3. The highest BCUT2D eigenvalue weighted by Crippen LogP contribution is 2.28. The smallest absolute Gasteiger partial charge is 0.229 e. The van der Waals surface area contributed by atoms with Crippen molar-refractivity contribution < 1.29 is 18.7 Å². The van der Waals surface area contributed by atoms with Crippen molar-refractivity contribution in [2.75, 3.05) is 23.9 Å². The van der Waals surface area contributed by atoms with Gasteiger partial charge in [0.1, 0.15) is 11.6 Å². The van der Waals surface area contributed by atoms with E-state index in [0.29, 0.717) is 11.4 Å². The van der Waals surface area contributed by atoms with Crippen molar-refractivity contribution in [2.24, 2.45) is 5.92 Å². The molecule has 0 saturated carbocycles. The number of benzene rings is 2. The van der Waals surface area contributed by atoms with Crippen LogP contribution in [0.4, 0.5) is 15.8 Å². The fraction of sp³-hybridized carbons (Fsp3) is 0.182. The molecule has 0 aliphatic carbocycles. The van der Waals surface area contributed by atoms with Gasteiger partial charge >= 0.3 is 0 Å². The zero-order valence-corrected chi connectivity index (χ0v) is 15.8. The van der Waals surface area contributed by atoms with Crippen LogP contribution in [0, 0.1) is 11.7 Å². The van der Waals surface area contributed by atoms with Gasteiger partial charge < -0.3 is 19.5 Å². The predicted molar refractivity (Wildman–Crippen MR) is 108 cm³/mol. The lowest BCUT2D eigenvalue weighted by Gasteiger charge is -2.17. The van der Waals surface area contributed by atoms with Gasteiger partial charge in [-0.05, 0) is 54.6 Å². The molecular formula is C22H20FN3O3. The Hall–Kier alpha value is -3.61. The number of amides is 2. The maximum Gasteiger partial charge on any atom is 0.229 e. The fourth-order valence-electron chi connectivity index (χ4n) is 3.41. The van der Waals surface area contributed by atoms with Gasteiger partial charge in [0.05, 0.1) is 18.7 Å². The molecule has 2 amide bonds. The van der Waals surface area contributed by atoms with Crippen molar-refractivity contribution in [3.63, 3.8) is 0 Å². The van der Waals surface area contributed by atoms with E-state index in [1.54, 1.807) is 48.4 Å². The second-order valence-electron chi connectivity index (χ2n) is 6.85. The summed E-state index contributed by atoms with van der Waals surface area (Å²) in [6.07, 6.45) is 3.75. The molecule has 1 aliphatic rings. The molecule has 7 heteroatoms. The molecule has 1 N–H and O–H groups in total. The Labute approximate surface area is 167 Å². The Balaban J connectivity index is 1.48. The summed E-state index contributed by atoms with van der Waals surface area (Å²) >= 11 is 0. The Kier molecular flexibility index (Phi) is 5.03. The number of methoxy groups -OCH3 is 1. The third kappa shape index (κ3) is 3.85. The first kappa shape index (κ1) is 18.7. The third-order valence-corrected chi connectivity index (χ3v) is 4.99. The fourth-order valence-corrected chi connectivity index (χ4v) is 3.41. The van der Waals surface area contributed by atoms with Crippen LogP contribution in [0.2, 0.25) is 0 Å². The highest BCUT2D eigenvalue weighted by atomic mass is 19.1. The molecule has 4 rings (SSSR count). The quantitative estimate of drug-likeness (QED) is 0.720. The van der Waals surface area contributed by atoms with Crippen LogP contribution in [0.25, 0.3) is 5.69 Å². The minimum absolute atomic E-state index is 0.0801. The maximum absolute atomic E-state index is 14.2. The highest BCUT2D eigenvalue weighted by Gasteiger charge is 2.35. The zero-order chi connectivity index (χ0) is 20.4. The van der Waals surface area contributed by atoms with Gasteiger partial charge in [-0.2, -0.15) is 0 Å². The Morgan fingerprint density at radius 3 is 2.48 bits per heavy atom. The maximum atomic E-state index is 14.2. The molecule has 1 aromatic heterocycles. The van der Waals surface area contributed by atoms with E-state index < -0.39 is 11.7 Å². The van der Waals surface area contributed by atoms with Crippen molar-refractivity contribution in [1.29, 1.82) is 0 Å². The first-order valence-electron chi connectivity index (χ1n) is 9.23. The van der Waals surface area contributed by atoms with Crippen LogP contribution in [0.1, 0.15) is 6.42 Å². The number of anilines is 2. The SMILES string of the molecule is COc1ccc(N2CC(C(=O)Nc3cc(-n4cccc4)ccc3F)CC2=O)cc1. The molecule has 2 aromatic carbocycles. The average molecular weight is 393 g/mol. The van der Waals surface area contributed by atoms with Crippen LogP contribution in [0.3, 0.4) is 0 Å². The molecule has 3 aromatic rings. The van der Waals surface area contributed by atoms with Gasteiger partial charge in [-0.3, -0.25) is 9.59 Å². The van der Waals surface area contributed by atoms with Crippen molar-refractivity contribution in [1.82, 2.24) is 4.57 Å². The number of nitrogens with one attached hydrogen (secondary N) is 1. The summed E-state index contributed by atoms with van der Waals surface area (Å²) in [5, 5.41) is 2.64. The van der Waals surface area contributed by atoms with Gasteiger partial charge in [-0.1, -0.05) is 0 Å². The Bertz CT molecular complexity index is 1030. The molecule has 0 bridgehead atoms. The van der Waals surface area contributed by atoms with Crippen LogP contribution in [-0.2, 0) is 9.59 Å². The second-order valence-corrected chi connectivity index (χ2v) is 6.85. The predicted octanol–water partition coefficient (Wildman–Crippen LogP) is 3.62. The molecular weight excluding hydrogens is 373 g/mol. The molecule has 1 fully saturated rings. The number of halogens is 1. The van der Waals surface area contributed by atoms with Gasteiger partial charge in [0.2, 0.25) is 11.8 Å². The molecule has 29 heavy (non-hydrogen) atoms. The first-order valence-corrected chi connectivity index (χ1v) is 9.23. The lowest BCUT2D eigenvalue weighted by Crippen LogP contribution is -2.28. The topological polar surface area (TPSA) is 63.6 Å². The third-order valence-electron chi connectivity index (χ3n) is 4.99. The van der Waals surface area contributed by atoms with Crippen molar-refractivity contribution in [2.45, 2.75) is 6.42 Å².